The number of carbonyl (C=O) groups is 7. The smallest absolute Gasteiger partial charge is 0.409 e. The Hall–Kier alpha value is -6.08. The summed E-state index contributed by atoms with van der Waals surface area (Å²) in [6.07, 6.45) is 4.86. The van der Waals surface area contributed by atoms with Gasteiger partial charge in [0.2, 0.25) is 11.8 Å². The second kappa shape index (κ2) is 21.5. The lowest BCUT2D eigenvalue weighted by Crippen LogP contribution is -2.63. The molecule has 2 saturated heterocycles. The van der Waals surface area contributed by atoms with E-state index in [2.05, 4.69) is 10.6 Å². The summed E-state index contributed by atoms with van der Waals surface area (Å²) in [5.74, 6) is -3.01. The number of likely N-dealkylation sites (N-methyl/N-ethyl adjacent to an activating group) is 1. The molecule has 4 heterocycles. The van der Waals surface area contributed by atoms with Gasteiger partial charge in [0.1, 0.15) is 40.7 Å². The molecular weight excluding hydrogens is 902 g/mol. The van der Waals surface area contributed by atoms with Gasteiger partial charge in [0.25, 0.3) is 17.7 Å². The van der Waals surface area contributed by atoms with Crippen molar-refractivity contribution in [2.75, 3.05) is 45.1 Å². The molecule has 366 valence electrons. The van der Waals surface area contributed by atoms with E-state index in [-0.39, 0.29) is 54.1 Å². The molecule has 2 fully saturated rings. The molecule has 18 nitrogen and oxygen atoms in total. The van der Waals surface area contributed by atoms with Crippen molar-refractivity contribution in [3.63, 3.8) is 0 Å². The van der Waals surface area contributed by atoms with Crippen LogP contribution in [0, 0.1) is 5.92 Å². The van der Waals surface area contributed by atoms with Crippen LogP contribution in [0.4, 0.5) is 16.2 Å². The number of halogens is 1. The van der Waals surface area contributed by atoms with Gasteiger partial charge in [-0.25, -0.2) is 9.59 Å². The van der Waals surface area contributed by atoms with Crippen LogP contribution in [0.3, 0.4) is 0 Å². The van der Waals surface area contributed by atoms with Crippen molar-refractivity contribution in [3.05, 3.63) is 88.5 Å². The predicted molar refractivity (Wildman–Crippen MR) is 250 cm³/mol. The van der Waals surface area contributed by atoms with E-state index < -0.39 is 71.6 Å². The quantitative estimate of drug-likeness (QED) is 0.101. The molecule has 4 bridgehead atoms. The number of ether oxygens (including phenoxy) is 5. The summed E-state index contributed by atoms with van der Waals surface area (Å²) < 4.78 is 29.4. The molecule has 2 aromatic carbocycles. The summed E-state index contributed by atoms with van der Waals surface area (Å²) in [4.78, 5) is 95.0. The number of nitrogens with zero attached hydrogens (tertiary/aromatic N) is 3. The van der Waals surface area contributed by atoms with Crippen LogP contribution in [0.1, 0.15) is 82.1 Å². The maximum Gasteiger partial charge on any atom is 0.409 e. The average Bonchev–Trinajstić information content (AvgIpc) is 3.90. The zero-order valence-corrected chi connectivity index (χ0v) is 40.3. The molecule has 8 atom stereocenters. The Bertz CT molecular complexity index is 2370. The fourth-order valence-corrected chi connectivity index (χ4v) is 9.00. The highest BCUT2D eigenvalue weighted by Gasteiger charge is 2.64. The van der Waals surface area contributed by atoms with Crippen LogP contribution in [0.15, 0.2) is 72.4 Å². The molecule has 6 amide bonds. The molecule has 0 spiro atoms. The number of imide groups is 1. The number of unbranched alkanes of at least 4 members (excludes halogenated alkanes) is 2. The zero-order valence-electron chi connectivity index (χ0n) is 39.5. The number of carbonyl (C=O) groups excluding carboxylic acids is 7. The normalized spacial score (nSPS) is 27.8. The van der Waals surface area contributed by atoms with Crippen LogP contribution < -0.4 is 20.3 Å². The third-order valence-electron chi connectivity index (χ3n) is 13.1. The Balaban J connectivity index is 1.17. The highest BCUT2D eigenvalue weighted by Crippen LogP contribution is 2.49. The van der Waals surface area contributed by atoms with Crippen molar-refractivity contribution in [2.24, 2.45) is 5.92 Å². The van der Waals surface area contributed by atoms with Gasteiger partial charge in [-0.05, 0) is 82.0 Å². The fraction of sp³-hybridized carbons (Fsp3) is 0.490. The van der Waals surface area contributed by atoms with E-state index in [0.717, 1.165) is 16.0 Å². The summed E-state index contributed by atoms with van der Waals surface area (Å²) in [6.45, 7) is 7.14. The van der Waals surface area contributed by atoms with Crippen molar-refractivity contribution in [3.8, 4) is 5.75 Å². The summed E-state index contributed by atoms with van der Waals surface area (Å²) in [6, 6.07) is 8.56. The monoisotopic (exact) mass is 961 g/mol. The maximum absolute atomic E-state index is 14.3. The van der Waals surface area contributed by atoms with Gasteiger partial charge in [0.05, 0.1) is 25.3 Å². The SMILES string of the molecule is COc1cc2cc(c1Cl)N(C)C(=O)C[C@H](OC(=O)[C@H](C)N(C)C(=O)c1ccc(NC(=O)CCCCCN3C(=O)C=CC3=O)cc1)[C@]1(C)O[C@H]1[C@H](C)[C@@H]1C[C@@](O)(NC(=O)O1)[C@H](OC)/C=C/C=C(\C)C2. The molecule has 2 aromatic rings. The first-order valence-electron chi connectivity index (χ1n) is 22.5. The Morgan fingerprint density at radius 1 is 1.06 bits per heavy atom. The maximum atomic E-state index is 14.3. The first-order chi connectivity index (χ1) is 32.2. The van der Waals surface area contributed by atoms with Gasteiger partial charge in [0.15, 0.2) is 5.72 Å². The number of hydrogen-bond acceptors (Lipinski definition) is 13. The molecule has 0 radical (unpaired) electrons. The van der Waals surface area contributed by atoms with Crippen molar-refractivity contribution in [1.82, 2.24) is 15.1 Å². The van der Waals surface area contributed by atoms with Crippen LogP contribution in [0.25, 0.3) is 0 Å². The highest BCUT2D eigenvalue weighted by atomic mass is 35.5. The number of allylic oxidation sites excluding steroid dienone is 3. The van der Waals surface area contributed by atoms with Crippen molar-refractivity contribution in [2.45, 2.75) is 114 Å². The van der Waals surface area contributed by atoms with E-state index in [1.165, 1.54) is 62.3 Å². The van der Waals surface area contributed by atoms with Crippen molar-refractivity contribution < 1.29 is 62.4 Å². The minimum Gasteiger partial charge on any atom is -0.495 e. The number of esters is 1. The van der Waals surface area contributed by atoms with Crippen LogP contribution in [-0.2, 0) is 49.3 Å². The second-order valence-electron chi connectivity index (χ2n) is 17.9. The molecule has 0 unspecified atom stereocenters. The molecule has 6 rings (SSSR count). The summed E-state index contributed by atoms with van der Waals surface area (Å²) in [5, 5.41) is 17.3. The number of hydrogen-bond donors (Lipinski definition) is 3. The number of aliphatic hydroxyl groups is 1. The third-order valence-corrected chi connectivity index (χ3v) is 13.4. The van der Waals surface area contributed by atoms with E-state index >= 15 is 0 Å². The van der Waals surface area contributed by atoms with Crippen LogP contribution in [0.5, 0.6) is 5.75 Å². The van der Waals surface area contributed by atoms with Gasteiger partial charge in [0, 0.05) is 69.9 Å². The topological polar surface area (TPSA) is 223 Å². The Kier molecular flexibility index (Phi) is 16.2. The lowest BCUT2D eigenvalue weighted by atomic mass is 9.83. The molecule has 19 heteroatoms. The summed E-state index contributed by atoms with van der Waals surface area (Å²) >= 11 is 6.81. The van der Waals surface area contributed by atoms with E-state index in [9.17, 15) is 38.7 Å². The molecule has 68 heavy (non-hydrogen) atoms. The molecule has 3 N–H and O–H groups in total. The van der Waals surface area contributed by atoms with Gasteiger partial charge >= 0.3 is 12.1 Å². The lowest BCUT2D eigenvalue weighted by molar-refractivity contribution is -0.158. The number of anilines is 2. The zero-order chi connectivity index (χ0) is 49.7. The van der Waals surface area contributed by atoms with E-state index in [0.29, 0.717) is 42.8 Å². The van der Waals surface area contributed by atoms with E-state index in [1.807, 2.05) is 13.0 Å². The van der Waals surface area contributed by atoms with Gasteiger partial charge < -0.3 is 43.9 Å². The highest BCUT2D eigenvalue weighted by molar-refractivity contribution is 6.35. The van der Waals surface area contributed by atoms with E-state index in [1.54, 1.807) is 57.3 Å². The Morgan fingerprint density at radius 2 is 1.75 bits per heavy atom. The number of rotatable bonds is 13. The van der Waals surface area contributed by atoms with Crippen LogP contribution >= 0.6 is 11.6 Å². The minimum absolute atomic E-state index is 0.0952. The first kappa shape index (κ1) is 51.3. The molecule has 0 saturated carbocycles. The van der Waals surface area contributed by atoms with Crippen LogP contribution in [-0.4, -0.2) is 133 Å². The number of epoxide rings is 1. The van der Waals surface area contributed by atoms with E-state index in [4.69, 9.17) is 35.3 Å². The van der Waals surface area contributed by atoms with Crippen molar-refractivity contribution >= 4 is 64.6 Å². The van der Waals surface area contributed by atoms with Gasteiger partial charge in [-0.2, -0.15) is 0 Å². The molecule has 4 aliphatic rings. The van der Waals surface area contributed by atoms with Crippen LogP contribution in [0.2, 0.25) is 5.02 Å². The summed E-state index contributed by atoms with van der Waals surface area (Å²) in [5.41, 5.74) is -0.477. The Morgan fingerprint density at radius 3 is 2.41 bits per heavy atom. The van der Waals surface area contributed by atoms with Gasteiger partial charge in [-0.3, -0.25) is 34.2 Å². The average molecular weight is 962 g/mol. The number of benzene rings is 2. The number of amides is 6. The Labute approximate surface area is 400 Å². The fourth-order valence-electron chi connectivity index (χ4n) is 8.69. The van der Waals surface area contributed by atoms with Gasteiger partial charge in [-0.1, -0.05) is 48.7 Å². The minimum atomic E-state index is -1.87. The number of fused-ring (bicyclic) bond motifs is 5. The summed E-state index contributed by atoms with van der Waals surface area (Å²) in [7, 11) is 5.87. The third kappa shape index (κ3) is 11.6. The number of alkyl carbamates (subject to hydrolysis) is 1. The molecular formula is C49H60ClN5O13. The van der Waals surface area contributed by atoms with Crippen molar-refractivity contribution in [1.29, 1.82) is 0 Å². The predicted octanol–water partition coefficient (Wildman–Crippen LogP) is 5.25. The van der Waals surface area contributed by atoms with Gasteiger partial charge in [-0.15, -0.1) is 0 Å². The second-order valence-corrected chi connectivity index (χ2v) is 18.3. The first-order valence-corrected chi connectivity index (χ1v) is 22.9. The largest absolute Gasteiger partial charge is 0.495 e. The standard InChI is InChI=1S/C49H60ClN5O13/c1-28-13-12-14-37(65-8)49(63)27-36(66-47(62)52-49)29(2)44-48(4,68-44)38(26-42(59)54(6)34-24-31(23-28)25-35(64-7)43(34)50)67-46(61)30(3)53(5)45(60)32-16-18-33(19-17-32)51-39(56)15-10-9-11-22-55-40(57)20-21-41(55)58/h12-14,16-21,24-25,29-30,36-38,44,63H,9-11,15,22-23,26-27H2,1-8H3,(H,51,56)(H,52,62)/b14-12+,28-13+/t29-,30+,36+,37-,38+,44+,48+,49+/m1/s1. The number of methoxy groups -OCH3 is 2. The molecule has 0 aromatic heterocycles. The number of nitrogens with one attached hydrogen (secondary N) is 2. The molecule has 4 aliphatic heterocycles. The lowest BCUT2D eigenvalue weighted by Gasteiger charge is -2.42. The molecule has 0 aliphatic carbocycles.